The number of nitrogens with two attached hydrogens (primary N) is 1. The third kappa shape index (κ3) is 6.14. The van der Waals surface area contributed by atoms with E-state index < -0.39 is 5.97 Å². The normalized spacial score (nSPS) is 11.3. The fraction of sp³-hybridized carbons (Fsp3) is 0.250. The molecule has 0 aliphatic heterocycles. The highest BCUT2D eigenvalue weighted by molar-refractivity contribution is 5.90. The molecule has 2 rings (SSSR count). The third-order valence-electron chi connectivity index (χ3n) is 3.76. The Hall–Kier alpha value is -3.35. The smallest absolute Gasteiger partial charge is 0.338 e. The SMILES string of the molecule is CCOC(=O)c1ccc(OC(=O)C(C)Cc2ccc(NC(=N)N)cc2)cc1. The largest absolute Gasteiger partial charge is 0.462 e. The standard InChI is InChI=1S/C20H23N3O4/c1-3-26-19(25)15-6-10-17(11-7-15)27-18(24)13(2)12-14-4-8-16(9-5-14)23-20(21)22/h4-11,13H,3,12H2,1-2H3,(H4,21,22,23). The lowest BCUT2D eigenvalue weighted by atomic mass is 10.0. The van der Waals surface area contributed by atoms with Crippen molar-refractivity contribution in [2.75, 3.05) is 11.9 Å². The molecule has 7 heteroatoms. The Kier molecular flexibility index (Phi) is 6.93. The molecule has 0 fully saturated rings. The molecule has 27 heavy (non-hydrogen) atoms. The van der Waals surface area contributed by atoms with Crippen molar-refractivity contribution in [1.29, 1.82) is 5.41 Å². The van der Waals surface area contributed by atoms with E-state index in [1.165, 1.54) is 0 Å². The van der Waals surface area contributed by atoms with Gasteiger partial charge in [-0.15, -0.1) is 0 Å². The van der Waals surface area contributed by atoms with Gasteiger partial charge in [-0.2, -0.15) is 0 Å². The molecule has 0 amide bonds. The predicted octanol–water partition coefficient (Wildman–Crippen LogP) is 2.95. The van der Waals surface area contributed by atoms with E-state index in [1.54, 1.807) is 50.2 Å². The topological polar surface area (TPSA) is 114 Å². The van der Waals surface area contributed by atoms with Crippen LogP contribution in [0.2, 0.25) is 0 Å². The molecule has 0 radical (unpaired) electrons. The van der Waals surface area contributed by atoms with Gasteiger partial charge in [-0.25, -0.2) is 4.79 Å². The molecule has 4 N–H and O–H groups in total. The van der Waals surface area contributed by atoms with Gasteiger partial charge in [0.2, 0.25) is 0 Å². The number of rotatable bonds is 7. The predicted molar refractivity (Wildman–Crippen MR) is 103 cm³/mol. The van der Waals surface area contributed by atoms with Gasteiger partial charge in [0, 0.05) is 5.69 Å². The molecule has 0 heterocycles. The second-order valence-corrected chi connectivity index (χ2v) is 6.01. The van der Waals surface area contributed by atoms with Crippen LogP contribution >= 0.6 is 0 Å². The first kappa shape index (κ1) is 20.0. The zero-order valence-corrected chi connectivity index (χ0v) is 15.3. The van der Waals surface area contributed by atoms with Gasteiger partial charge in [0.05, 0.1) is 18.1 Å². The van der Waals surface area contributed by atoms with Gasteiger partial charge in [-0.3, -0.25) is 10.2 Å². The van der Waals surface area contributed by atoms with Gasteiger partial charge >= 0.3 is 11.9 Å². The van der Waals surface area contributed by atoms with Crippen molar-refractivity contribution in [2.24, 2.45) is 11.7 Å². The molecule has 0 saturated heterocycles. The van der Waals surface area contributed by atoms with Crippen LogP contribution in [0.15, 0.2) is 48.5 Å². The number of hydrogen-bond acceptors (Lipinski definition) is 5. The molecule has 2 aromatic rings. The van der Waals surface area contributed by atoms with Crippen LogP contribution < -0.4 is 15.8 Å². The maximum atomic E-state index is 12.3. The molecule has 7 nitrogen and oxygen atoms in total. The van der Waals surface area contributed by atoms with Crippen molar-refractivity contribution in [2.45, 2.75) is 20.3 Å². The molecule has 0 saturated carbocycles. The first-order chi connectivity index (χ1) is 12.9. The number of benzene rings is 2. The van der Waals surface area contributed by atoms with Crippen molar-refractivity contribution in [3.05, 3.63) is 59.7 Å². The maximum absolute atomic E-state index is 12.3. The van der Waals surface area contributed by atoms with Crippen LogP contribution in [-0.2, 0) is 16.0 Å². The molecule has 0 aromatic heterocycles. The Morgan fingerprint density at radius 2 is 1.74 bits per heavy atom. The van der Waals surface area contributed by atoms with Crippen LogP contribution in [0.3, 0.4) is 0 Å². The Bertz CT molecular complexity index is 801. The van der Waals surface area contributed by atoms with Crippen LogP contribution in [0, 0.1) is 11.3 Å². The van der Waals surface area contributed by atoms with Gasteiger partial charge in [-0.1, -0.05) is 19.1 Å². The van der Waals surface area contributed by atoms with Gasteiger partial charge in [-0.05, 0) is 55.3 Å². The fourth-order valence-electron chi connectivity index (χ4n) is 2.41. The zero-order chi connectivity index (χ0) is 19.8. The number of nitrogens with one attached hydrogen (secondary N) is 2. The lowest BCUT2D eigenvalue weighted by molar-refractivity contribution is -0.138. The average Bonchev–Trinajstić information content (AvgIpc) is 2.63. The Balaban J connectivity index is 1.91. The van der Waals surface area contributed by atoms with Gasteiger partial charge in [0.1, 0.15) is 5.75 Å². The molecule has 0 spiro atoms. The summed E-state index contributed by atoms with van der Waals surface area (Å²) in [5.74, 6) is -0.868. The average molecular weight is 369 g/mol. The van der Waals surface area contributed by atoms with Crippen LogP contribution in [0.1, 0.15) is 29.8 Å². The fourth-order valence-corrected chi connectivity index (χ4v) is 2.41. The number of hydrogen-bond donors (Lipinski definition) is 3. The highest BCUT2D eigenvalue weighted by Crippen LogP contribution is 2.18. The van der Waals surface area contributed by atoms with E-state index in [9.17, 15) is 9.59 Å². The summed E-state index contributed by atoms with van der Waals surface area (Å²) >= 11 is 0. The van der Waals surface area contributed by atoms with Gasteiger partial charge < -0.3 is 20.5 Å². The molecular weight excluding hydrogens is 346 g/mol. The summed E-state index contributed by atoms with van der Waals surface area (Å²) in [6, 6.07) is 13.6. The highest BCUT2D eigenvalue weighted by Gasteiger charge is 2.16. The highest BCUT2D eigenvalue weighted by atomic mass is 16.5. The Morgan fingerprint density at radius 3 is 2.30 bits per heavy atom. The minimum absolute atomic E-state index is 0.131. The molecule has 142 valence electrons. The molecule has 1 unspecified atom stereocenters. The molecule has 2 aromatic carbocycles. The number of anilines is 1. The zero-order valence-electron chi connectivity index (χ0n) is 15.3. The number of carbonyl (C=O) groups is 2. The quantitative estimate of drug-likeness (QED) is 0.299. The molecule has 1 atom stereocenters. The van der Waals surface area contributed by atoms with E-state index in [1.807, 2.05) is 12.1 Å². The summed E-state index contributed by atoms with van der Waals surface area (Å²) < 4.78 is 10.3. The summed E-state index contributed by atoms with van der Waals surface area (Å²) in [4.78, 5) is 23.9. The van der Waals surface area contributed by atoms with Crippen LogP contribution in [-0.4, -0.2) is 24.5 Å². The number of carbonyl (C=O) groups excluding carboxylic acids is 2. The Morgan fingerprint density at radius 1 is 1.11 bits per heavy atom. The van der Waals surface area contributed by atoms with Crippen molar-refractivity contribution in [3.8, 4) is 5.75 Å². The summed E-state index contributed by atoms with van der Waals surface area (Å²) in [7, 11) is 0. The number of guanidine groups is 1. The van der Waals surface area contributed by atoms with Crippen molar-refractivity contribution in [1.82, 2.24) is 0 Å². The van der Waals surface area contributed by atoms with E-state index in [0.29, 0.717) is 30.0 Å². The molecule has 0 bridgehead atoms. The molecule has 0 aliphatic carbocycles. The van der Waals surface area contributed by atoms with E-state index in [2.05, 4.69) is 5.32 Å². The minimum atomic E-state index is -0.411. The second-order valence-electron chi connectivity index (χ2n) is 6.01. The summed E-state index contributed by atoms with van der Waals surface area (Å²) in [5.41, 5.74) is 7.36. The van der Waals surface area contributed by atoms with Crippen LogP contribution in [0.25, 0.3) is 0 Å². The third-order valence-corrected chi connectivity index (χ3v) is 3.76. The monoisotopic (exact) mass is 369 g/mol. The first-order valence-corrected chi connectivity index (χ1v) is 8.58. The molecule has 0 aliphatic rings. The van der Waals surface area contributed by atoms with Crippen molar-refractivity contribution < 1.29 is 19.1 Å². The number of ether oxygens (including phenoxy) is 2. The van der Waals surface area contributed by atoms with Crippen molar-refractivity contribution >= 4 is 23.6 Å². The van der Waals surface area contributed by atoms with Gasteiger partial charge in [0.15, 0.2) is 5.96 Å². The van der Waals surface area contributed by atoms with Crippen molar-refractivity contribution in [3.63, 3.8) is 0 Å². The van der Waals surface area contributed by atoms with E-state index in [4.69, 9.17) is 20.6 Å². The first-order valence-electron chi connectivity index (χ1n) is 8.58. The Labute approximate surface area is 158 Å². The van der Waals surface area contributed by atoms with Gasteiger partial charge in [0.25, 0.3) is 0 Å². The summed E-state index contributed by atoms with van der Waals surface area (Å²) in [6.07, 6.45) is 0.514. The van der Waals surface area contributed by atoms with E-state index >= 15 is 0 Å². The summed E-state index contributed by atoms with van der Waals surface area (Å²) in [5, 5.41) is 9.90. The molecular formula is C20H23N3O4. The van der Waals surface area contributed by atoms with Crippen LogP contribution in [0.5, 0.6) is 5.75 Å². The number of esters is 2. The lowest BCUT2D eigenvalue weighted by Crippen LogP contribution is -2.21. The second kappa shape index (κ2) is 9.38. The maximum Gasteiger partial charge on any atom is 0.338 e. The van der Waals surface area contributed by atoms with E-state index in [-0.39, 0.29) is 17.8 Å². The van der Waals surface area contributed by atoms with E-state index in [0.717, 1.165) is 5.56 Å². The summed E-state index contributed by atoms with van der Waals surface area (Å²) in [6.45, 7) is 3.83. The lowest BCUT2D eigenvalue weighted by Gasteiger charge is -2.12. The van der Waals surface area contributed by atoms with Crippen LogP contribution in [0.4, 0.5) is 5.69 Å². The minimum Gasteiger partial charge on any atom is -0.462 e.